The Kier molecular flexibility index (Phi) is 4.33. The van der Waals surface area contributed by atoms with E-state index in [4.69, 9.17) is 17.3 Å². The fourth-order valence-electron chi connectivity index (χ4n) is 2.93. The number of anilines is 1. The van der Waals surface area contributed by atoms with Crippen molar-refractivity contribution in [1.29, 1.82) is 0 Å². The van der Waals surface area contributed by atoms with Crippen LogP contribution in [0, 0.1) is 0 Å². The first-order chi connectivity index (χ1) is 10.1. The number of aliphatic hydroxyl groups excluding tert-OH is 1. The number of benzene rings is 1. The smallest absolute Gasteiger partial charge is 0.153 e. The molecule has 5 nitrogen and oxygen atoms in total. The highest BCUT2D eigenvalue weighted by molar-refractivity contribution is 6.31. The van der Waals surface area contributed by atoms with E-state index in [1.165, 1.54) is 0 Å². The van der Waals surface area contributed by atoms with Gasteiger partial charge in [-0.25, -0.2) is 0 Å². The Morgan fingerprint density at radius 3 is 2.81 bits per heavy atom. The highest BCUT2D eigenvalue weighted by Gasteiger charge is 2.16. The Hall–Kier alpha value is -1.30. The van der Waals surface area contributed by atoms with Crippen LogP contribution in [0.4, 0.5) is 5.82 Å². The molecule has 6 heteroatoms. The zero-order valence-electron chi connectivity index (χ0n) is 12.0. The summed E-state index contributed by atoms with van der Waals surface area (Å²) in [5, 5.41) is 15.5. The summed E-state index contributed by atoms with van der Waals surface area (Å²) in [6.07, 6.45) is 2.68. The van der Waals surface area contributed by atoms with Crippen molar-refractivity contribution in [2.75, 3.05) is 25.4 Å². The number of aromatic nitrogens is 2. The van der Waals surface area contributed by atoms with Crippen molar-refractivity contribution in [2.24, 2.45) is 0 Å². The van der Waals surface area contributed by atoms with Gasteiger partial charge < -0.3 is 15.7 Å². The van der Waals surface area contributed by atoms with Gasteiger partial charge in [0, 0.05) is 30.0 Å². The number of likely N-dealkylation sites (tertiary alicyclic amines) is 1. The predicted octanol–water partition coefficient (Wildman–Crippen LogP) is 2.12. The monoisotopic (exact) mass is 308 g/mol. The lowest BCUT2D eigenvalue weighted by atomic mass is 10.1. The van der Waals surface area contributed by atoms with Crippen LogP contribution in [0.2, 0.25) is 5.02 Å². The highest BCUT2D eigenvalue weighted by Crippen LogP contribution is 2.24. The molecule has 1 aromatic heterocycles. The number of piperidine rings is 1. The summed E-state index contributed by atoms with van der Waals surface area (Å²) in [7, 11) is 0. The van der Waals surface area contributed by atoms with E-state index in [0.29, 0.717) is 10.8 Å². The van der Waals surface area contributed by atoms with E-state index in [-0.39, 0.29) is 6.10 Å². The van der Waals surface area contributed by atoms with E-state index in [1.54, 1.807) is 0 Å². The molecule has 0 bridgehead atoms. The SMILES string of the molecule is Nc1nn(CCCN2CCC(O)CC2)c2ccc(Cl)cc12. The van der Waals surface area contributed by atoms with Gasteiger partial charge in [-0.05, 0) is 44.0 Å². The number of aliphatic hydroxyl groups is 1. The molecule has 2 aromatic rings. The molecule has 0 atom stereocenters. The van der Waals surface area contributed by atoms with E-state index in [1.807, 2.05) is 22.9 Å². The maximum absolute atomic E-state index is 9.51. The van der Waals surface area contributed by atoms with Crippen LogP contribution in [0.25, 0.3) is 10.9 Å². The molecule has 1 aliphatic heterocycles. The molecule has 0 unspecified atom stereocenters. The van der Waals surface area contributed by atoms with Gasteiger partial charge in [0.05, 0.1) is 11.6 Å². The van der Waals surface area contributed by atoms with Crippen molar-refractivity contribution in [3.63, 3.8) is 0 Å². The van der Waals surface area contributed by atoms with Gasteiger partial charge in [-0.3, -0.25) is 4.68 Å². The number of fused-ring (bicyclic) bond motifs is 1. The van der Waals surface area contributed by atoms with Gasteiger partial charge in [0.15, 0.2) is 5.82 Å². The van der Waals surface area contributed by atoms with Crippen molar-refractivity contribution in [1.82, 2.24) is 14.7 Å². The minimum Gasteiger partial charge on any atom is -0.393 e. The molecule has 1 saturated heterocycles. The molecule has 0 aliphatic carbocycles. The minimum absolute atomic E-state index is 0.110. The van der Waals surface area contributed by atoms with E-state index >= 15 is 0 Å². The molecule has 114 valence electrons. The molecule has 1 aromatic carbocycles. The fraction of sp³-hybridized carbons (Fsp3) is 0.533. The molecule has 2 heterocycles. The van der Waals surface area contributed by atoms with Crippen LogP contribution in [0.3, 0.4) is 0 Å². The second kappa shape index (κ2) is 6.22. The van der Waals surface area contributed by atoms with Crippen LogP contribution in [-0.2, 0) is 6.54 Å². The number of hydrogen-bond acceptors (Lipinski definition) is 4. The molecule has 21 heavy (non-hydrogen) atoms. The predicted molar refractivity (Wildman–Crippen MR) is 85.5 cm³/mol. The molecule has 0 saturated carbocycles. The number of nitrogens with zero attached hydrogens (tertiary/aromatic N) is 3. The van der Waals surface area contributed by atoms with E-state index < -0.39 is 0 Å². The van der Waals surface area contributed by atoms with Gasteiger partial charge in [0.2, 0.25) is 0 Å². The zero-order chi connectivity index (χ0) is 14.8. The molecular formula is C15H21ClN4O. The summed E-state index contributed by atoms with van der Waals surface area (Å²) in [6.45, 7) is 3.84. The molecule has 0 amide bonds. The Morgan fingerprint density at radius 2 is 2.05 bits per heavy atom. The van der Waals surface area contributed by atoms with Gasteiger partial charge in [-0.2, -0.15) is 5.10 Å². The summed E-state index contributed by atoms with van der Waals surface area (Å²) >= 11 is 6.00. The number of rotatable bonds is 4. The molecular weight excluding hydrogens is 288 g/mol. The van der Waals surface area contributed by atoms with Crippen LogP contribution in [0.5, 0.6) is 0 Å². The number of nitrogen functional groups attached to an aromatic ring is 1. The number of nitrogens with two attached hydrogens (primary N) is 1. The van der Waals surface area contributed by atoms with Gasteiger partial charge in [0.25, 0.3) is 0 Å². The van der Waals surface area contributed by atoms with Crippen molar-refractivity contribution in [2.45, 2.75) is 31.9 Å². The number of halogens is 1. The lowest BCUT2D eigenvalue weighted by molar-refractivity contribution is 0.0814. The van der Waals surface area contributed by atoms with Gasteiger partial charge >= 0.3 is 0 Å². The van der Waals surface area contributed by atoms with Crippen LogP contribution < -0.4 is 5.73 Å². The molecule has 3 N–H and O–H groups in total. The quantitative estimate of drug-likeness (QED) is 0.908. The van der Waals surface area contributed by atoms with Crippen molar-refractivity contribution < 1.29 is 5.11 Å². The Labute approximate surface area is 129 Å². The molecule has 0 spiro atoms. The summed E-state index contributed by atoms with van der Waals surface area (Å²) < 4.78 is 1.96. The van der Waals surface area contributed by atoms with Gasteiger partial charge in [-0.1, -0.05) is 11.6 Å². The molecule has 1 aliphatic rings. The van der Waals surface area contributed by atoms with Gasteiger partial charge in [0.1, 0.15) is 0 Å². The zero-order valence-corrected chi connectivity index (χ0v) is 12.8. The van der Waals surface area contributed by atoms with Gasteiger partial charge in [-0.15, -0.1) is 0 Å². The number of hydrogen-bond donors (Lipinski definition) is 2. The normalized spacial score (nSPS) is 17.6. The molecule has 1 fully saturated rings. The Morgan fingerprint density at radius 1 is 1.29 bits per heavy atom. The highest BCUT2D eigenvalue weighted by atomic mass is 35.5. The first-order valence-corrected chi connectivity index (χ1v) is 7.83. The Balaban J connectivity index is 1.61. The standard InChI is InChI=1S/C15H21ClN4O/c16-11-2-3-14-13(10-11)15(17)18-20(14)7-1-6-19-8-4-12(21)5-9-19/h2-3,10,12,21H,1,4-9H2,(H2,17,18). The first-order valence-electron chi connectivity index (χ1n) is 7.45. The van der Waals surface area contributed by atoms with Crippen molar-refractivity contribution in [3.8, 4) is 0 Å². The van der Waals surface area contributed by atoms with Crippen LogP contribution in [0.1, 0.15) is 19.3 Å². The largest absolute Gasteiger partial charge is 0.393 e. The van der Waals surface area contributed by atoms with Crippen molar-refractivity contribution >= 4 is 28.3 Å². The van der Waals surface area contributed by atoms with E-state index in [2.05, 4.69) is 10.00 Å². The topological polar surface area (TPSA) is 67.3 Å². The van der Waals surface area contributed by atoms with Crippen molar-refractivity contribution in [3.05, 3.63) is 23.2 Å². The summed E-state index contributed by atoms with van der Waals surface area (Å²) in [5.74, 6) is 0.536. The molecule has 0 radical (unpaired) electrons. The molecule has 3 rings (SSSR count). The third kappa shape index (κ3) is 3.31. The summed E-state index contributed by atoms with van der Waals surface area (Å²) in [4.78, 5) is 2.40. The third-order valence-corrected chi connectivity index (χ3v) is 4.38. The average Bonchev–Trinajstić information content (AvgIpc) is 2.77. The van der Waals surface area contributed by atoms with Crippen LogP contribution >= 0.6 is 11.6 Å². The maximum Gasteiger partial charge on any atom is 0.153 e. The summed E-state index contributed by atoms with van der Waals surface area (Å²) in [6, 6.07) is 5.70. The first kappa shape index (κ1) is 14.6. The van der Waals surface area contributed by atoms with Crippen LogP contribution in [-0.4, -0.2) is 45.5 Å². The van der Waals surface area contributed by atoms with E-state index in [0.717, 1.165) is 56.3 Å². The second-order valence-corrected chi connectivity index (χ2v) is 6.13. The lowest BCUT2D eigenvalue weighted by Crippen LogP contribution is -2.36. The Bertz CT molecular complexity index is 619. The number of aryl methyl sites for hydroxylation is 1. The lowest BCUT2D eigenvalue weighted by Gasteiger charge is -2.29. The third-order valence-electron chi connectivity index (χ3n) is 4.14. The van der Waals surface area contributed by atoms with Crippen LogP contribution in [0.15, 0.2) is 18.2 Å². The average molecular weight is 309 g/mol. The maximum atomic E-state index is 9.51. The van der Waals surface area contributed by atoms with E-state index in [9.17, 15) is 5.11 Å². The summed E-state index contributed by atoms with van der Waals surface area (Å²) in [5.41, 5.74) is 6.98. The second-order valence-electron chi connectivity index (χ2n) is 5.70. The minimum atomic E-state index is -0.110. The fourth-order valence-corrected chi connectivity index (χ4v) is 3.11.